The van der Waals surface area contributed by atoms with Gasteiger partial charge < -0.3 is 14.6 Å². The Morgan fingerprint density at radius 1 is 1.38 bits per heavy atom. The van der Waals surface area contributed by atoms with Crippen molar-refractivity contribution in [1.82, 2.24) is 14.9 Å². The molecule has 1 heterocycles. The van der Waals surface area contributed by atoms with E-state index in [1.54, 1.807) is 12.5 Å². The lowest BCUT2D eigenvalue weighted by molar-refractivity contribution is -0.127. The molecule has 0 fully saturated rings. The van der Waals surface area contributed by atoms with E-state index in [4.69, 9.17) is 4.74 Å². The molecule has 5 nitrogen and oxygen atoms in total. The standard InChI is InChI=1S/C19H25N3O2/c1-15(19(23)21-10-5-12-22-13-11-20-14-22)24-18-9-4-7-16-6-2-3-8-17(16)18/h4,7,9,11,13-15H,2-3,5-6,8,10,12H2,1H3,(H,21,23). The molecular weight excluding hydrogens is 302 g/mol. The maximum absolute atomic E-state index is 12.2. The lowest BCUT2D eigenvalue weighted by Gasteiger charge is -2.22. The average molecular weight is 327 g/mol. The monoisotopic (exact) mass is 327 g/mol. The highest BCUT2D eigenvalue weighted by molar-refractivity contribution is 5.80. The summed E-state index contributed by atoms with van der Waals surface area (Å²) >= 11 is 0. The van der Waals surface area contributed by atoms with Crippen LogP contribution in [0.3, 0.4) is 0 Å². The number of hydrogen-bond acceptors (Lipinski definition) is 3. The van der Waals surface area contributed by atoms with Crippen LogP contribution in [-0.4, -0.2) is 28.1 Å². The van der Waals surface area contributed by atoms with Crippen LogP contribution in [0.1, 0.15) is 37.3 Å². The lowest BCUT2D eigenvalue weighted by atomic mass is 9.91. The first kappa shape index (κ1) is 16.6. The molecule has 24 heavy (non-hydrogen) atoms. The van der Waals surface area contributed by atoms with Crippen LogP contribution in [0.15, 0.2) is 36.9 Å². The Morgan fingerprint density at radius 3 is 3.08 bits per heavy atom. The minimum absolute atomic E-state index is 0.0611. The number of carbonyl (C=O) groups is 1. The van der Waals surface area contributed by atoms with Gasteiger partial charge in [-0.1, -0.05) is 12.1 Å². The fourth-order valence-electron chi connectivity index (χ4n) is 3.14. The van der Waals surface area contributed by atoms with Gasteiger partial charge in [-0.25, -0.2) is 4.98 Å². The fraction of sp³-hybridized carbons (Fsp3) is 0.474. The van der Waals surface area contributed by atoms with Crippen LogP contribution in [-0.2, 0) is 24.2 Å². The van der Waals surface area contributed by atoms with Gasteiger partial charge in [0.05, 0.1) is 6.33 Å². The predicted octanol–water partition coefficient (Wildman–Crippen LogP) is 2.74. The number of nitrogens with one attached hydrogen (secondary N) is 1. The van der Waals surface area contributed by atoms with E-state index in [9.17, 15) is 4.79 Å². The third kappa shape index (κ3) is 4.16. The van der Waals surface area contributed by atoms with Crippen molar-refractivity contribution in [2.24, 2.45) is 0 Å². The number of benzene rings is 1. The van der Waals surface area contributed by atoms with Crippen LogP contribution in [0, 0.1) is 0 Å². The molecule has 0 aliphatic heterocycles. The Balaban J connectivity index is 1.47. The van der Waals surface area contributed by atoms with Crippen molar-refractivity contribution in [2.45, 2.75) is 51.7 Å². The summed E-state index contributed by atoms with van der Waals surface area (Å²) < 4.78 is 7.95. The first-order valence-electron chi connectivity index (χ1n) is 8.75. The van der Waals surface area contributed by atoms with Crippen LogP contribution in [0.25, 0.3) is 0 Å². The van der Waals surface area contributed by atoms with Gasteiger partial charge in [-0.3, -0.25) is 4.79 Å². The molecule has 1 N–H and O–H groups in total. The van der Waals surface area contributed by atoms with Crippen LogP contribution in [0.2, 0.25) is 0 Å². The topological polar surface area (TPSA) is 56.1 Å². The Bertz CT molecular complexity index is 667. The maximum atomic E-state index is 12.2. The molecule has 1 aliphatic rings. The second kappa shape index (κ2) is 7.99. The summed E-state index contributed by atoms with van der Waals surface area (Å²) in [6.45, 7) is 3.30. The maximum Gasteiger partial charge on any atom is 0.260 e. The molecule has 128 valence electrons. The summed E-state index contributed by atoms with van der Waals surface area (Å²) in [5.41, 5.74) is 2.65. The van der Waals surface area contributed by atoms with Gasteiger partial charge in [0, 0.05) is 25.5 Å². The van der Waals surface area contributed by atoms with E-state index < -0.39 is 6.10 Å². The van der Waals surface area contributed by atoms with Crippen LogP contribution < -0.4 is 10.1 Å². The molecule has 1 atom stereocenters. The molecular formula is C19H25N3O2. The number of fused-ring (bicyclic) bond motifs is 1. The Labute approximate surface area is 143 Å². The number of carbonyl (C=O) groups excluding carboxylic acids is 1. The highest BCUT2D eigenvalue weighted by Gasteiger charge is 2.18. The van der Waals surface area contributed by atoms with Gasteiger partial charge in [0.1, 0.15) is 5.75 Å². The zero-order chi connectivity index (χ0) is 16.8. The Kier molecular flexibility index (Phi) is 5.51. The molecule has 0 spiro atoms. The summed E-state index contributed by atoms with van der Waals surface area (Å²) in [4.78, 5) is 16.2. The van der Waals surface area contributed by atoms with Gasteiger partial charge in [-0.2, -0.15) is 0 Å². The number of nitrogens with zero attached hydrogens (tertiary/aromatic N) is 2. The number of rotatable bonds is 7. The van der Waals surface area contributed by atoms with Crippen molar-refractivity contribution in [3.63, 3.8) is 0 Å². The largest absolute Gasteiger partial charge is 0.481 e. The number of hydrogen-bond donors (Lipinski definition) is 1. The zero-order valence-electron chi connectivity index (χ0n) is 14.2. The molecule has 1 amide bonds. The van der Waals surface area contributed by atoms with E-state index in [0.29, 0.717) is 6.54 Å². The minimum atomic E-state index is -0.480. The molecule has 1 aromatic heterocycles. The van der Waals surface area contributed by atoms with E-state index in [0.717, 1.165) is 31.6 Å². The molecule has 1 aliphatic carbocycles. The molecule has 1 aromatic carbocycles. The van der Waals surface area contributed by atoms with Crippen molar-refractivity contribution in [2.75, 3.05) is 6.54 Å². The summed E-state index contributed by atoms with van der Waals surface area (Å²) in [5.74, 6) is 0.808. The molecule has 2 aromatic rings. The first-order chi connectivity index (χ1) is 11.7. The van der Waals surface area contributed by atoms with E-state index >= 15 is 0 Å². The van der Waals surface area contributed by atoms with Crippen LogP contribution in [0.5, 0.6) is 5.75 Å². The third-order valence-electron chi connectivity index (χ3n) is 4.48. The number of ether oxygens (including phenoxy) is 1. The molecule has 0 radical (unpaired) electrons. The molecule has 3 rings (SSSR count). The van der Waals surface area contributed by atoms with Crippen molar-refractivity contribution < 1.29 is 9.53 Å². The van der Waals surface area contributed by atoms with Crippen LogP contribution >= 0.6 is 0 Å². The van der Waals surface area contributed by atoms with Gasteiger partial charge in [0.15, 0.2) is 6.10 Å². The quantitative estimate of drug-likeness (QED) is 0.796. The lowest BCUT2D eigenvalue weighted by Crippen LogP contribution is -2.37. The van der Waals surface area contributed by atoms with Crippen molar-refractivity contribution in [1.29, 1.82) is 0 Å². The normalized spacial score (nSPS) is 14.7. The Hall–Kier alpha value is -2.30. The SMILES string of the molecule is CC(Oc1cccc2c1CCCC2)C(=O)NCCCn1ccnc1. The minimum Gasteiger partial charge on any atom is -0.481 e. The number of imidazole rings is 1. The molecule has 0 bridgehead atoms. The second-order valence-electron chi connectivity index (χ2n) is 6.31. The molecule has 0 saturated heterocycles. The number of aryl methyl sites for hydroxylation is 2. The fourth-order valence-corrected chi connectivity index (χ4v) is 3.14. The van der Waals surface area contributed by atoms with Crippen molar-refractivity contribution in [3.8, 4) is 5.75 Å². The second-order valence-corrected chi connectivity index (χ2v) is 6.31. The highest BCUT2D eigenvalue weighted by atomic mass is 16.5. The molecule has 1 unspecified atom stereocenters. The van der Waals surface area contributed by atoms with E-state index in [1.807, 2.05) is 29.8 Å². The smallest absolute Gasteiger partial charge is 0.260 e. The summed E-state index contributed by atoms with van der Waals surface area (Å²) in [5, 5.41) is 2.95. The van der Waals surface area contributed by atoms with E-state index in [-0.39, 0.29) is 5.91 Å². The van der Waals surface area contributed by atoms with Gasteiger partial charge in [-0.15, -0.1) is 0 Å². The third-order valence-corrected chi connectivity index (χ3v) is 4.48. The van der Waals surface area contributed by atoms with Crippen LogP contribution in [0.4, 0.5) is 0 Å². The predicted molar refractivity (Wildman–Crippen MR) is 93.0 cm³/mol. The average Bonchev–Trinajstić information content (AvgIpc) is 3.12. The summed E-state index contributed by atoms with van der Waals surface area (Å²) in [7, 11) is 0. The summed E-state index contributed by atoms with van der Waals surface area (Å²) in [6, 6.07) is 6.17. The van der Waals surface area contributed by atoms with Gasteiger partial charge in [0.2, 0.25) is 0 Å². The van der Waals surface area contributed by atoms with Gasteiger partial charge >= 0.3 is 0 Å². The molecule has 0 saturated carbocycles. The zero-order valence-corrected chi connectivity index (χ0v) is 14.2. The number of amides is 1. The van der Waals surface area contributed by atoms with Crippen molar-refractivity contribution in [3.05, 3.63) is 48.0 Å². The van der Waals surface area contributed by atoms with E-state index in [2.05, 4.69) is 16.4 Å². The Morgan fingerprint density at radius 2 is 2.25 bits per heavy atom. The molecule has 5 heteroatoms. The van der Waals surface area contributed by atoms with Gasteiger partial charge in [0.25, 0.3) is 5.91 Å². The van der Waals surface area contributed by atoms with Crippen molar-refractivity contribution >= 4 is 5.91 Å². The van der Waals surface area contributed by atoms with Gasteiger partial charge in [-0.05, 0) is 56.2 Å². The van der Waals surface area contributed by atoms with E-state index in [1.165, 1.54) is 24.0 Å². The first-order valence-corrected chi connectivity index (χ1v) is 8.75. The summed E-state index contributed by atoms with van der Waals surface area (Å²) in [6.07, 6.45) is 10.5. The highest BCUT2D eigenvalue weighted by Crippen LogP contribution is 2.30. The number of aromatic nitrogens is 2.